The normalized spacial score (nSPS) is 15.2. The highest BCUT2D eigenvalue weighted by molar-refractivity contribution is 7.18. The lowest BCUT2D eigenvalue weighted by atomic mass is 10.0. The van der Waals surface area contributed by atoms with Crippen molar-refractivity contribution in [1.29, 1.82) is 0 Å². The van der Waals surface area contributed by atoms with Gasteiger partial charge in [-0.15, -0.1) is 11.3 Å². The number of thiophene rings is 1. The third kappa shape index (κ3) is 5.19. The molecule has 0 radical (unpaired) electrons. The Morgan fingerprint density at radius 2 is 2.00 bits per heavy atom. The van der Waals surface area contributed by atoms with E-state index in [1.807, 2.05) is 32.9 Å². The fourth-order valence-electron chi connectivity index (χ4n) is 3.21. The van der Waals surface area contributed by atoms with Crippen LogP contribution >= 0.6 is 22.9 Å². The highest BCUT2D eigenvalue weighted by Crippen LogP contribution is 2.25. The number of halogens is 1. The molecular weight excluding hydrogens is 426 g/mol. The number of benzene rings is 1. The number of nitrogens with one attached hydrogen (secondary N) is 2. The first-order valence-electron chi connectivity index (χ1n) is 9.62. The molecule has 2 heterocycles. The molecule has 2 aromatic rings. The zero-order valence-electron chi connectivity index (χ0n) is 17.0. The van der Waals surface area contributed by atoms with Crippen LogP contribution in [0.25, 0.3) is 0 Å². The molecule has 0 saturated carbocycles. The van der Waals surface area contributed by atoms with Crippen molar-refractivity contribution in [1.82, 2.24) is 5.32 Å². The Labute approximate surface area is 184 Å². The summed E-state index contributed by atoms with van der Waals surface area (Å²) in [5, 5.41) is 5.65. The first kappa shape index (κ1) is 22.3. The quantitative estimate of drug-likeness (QED) is 0.706. The number of hydrogen-bond acceptors (Lipinski definition) is 5. The number of hydrogen-bond donors (Lipinski definition) is 2. The van der Waals surface area contributed by atoms with E-state index in [-0.39, 0.29) is 30.2 Å². The number of carbonyl (C=O) groups excluding carboxylic acids is 3. The summed E-state index contributed by atoms with van der Waals surface area (Å²) in [6, 6.07) is 7.95. The van der Waals surface area contributed by atoms with Crippen LogP contribution in [0.5, 0.6) is 0 Å². The van der Waals surface area contributed by atoms with Gasteiger partial charge in [0, 0.05) is 17.9 Å². The van der Waals surface area contributed by atoms with Crippen molar-refractivity contribution in [3.8, 4) is 0 Å². The predicted octanol–water partition coefficient (Wildman–Crippen LogP) is 3.47. The number of ether oxygens (including phenoxy) is 1. The molecule has 1 aliphatic rings. The van der Waals surface area contributed by atoms with Crippen molar-refractivity contribution in [3.63, 3.8) is 0 Å². The van der Waals surface area contributed by atoms with Crippen LogP contribution in [0.4, 0.5) is 11.4 Å². The molecule has 1 aromatic heterocycles. The van der Waals surface area contributed by atoms with Gasteiger partial charge in [-0.3, -0.25) is 14.4 Å². The second-order valence-corrected chi connectivity index (χ2v) is 9.10. The molecule has 30 heavy (non-hydrogen) atoms. The van der Waals surface area contributed by atoms with E-state index in [2.05, 4.69) is 10.6 Å². The number of nitrogens with zero attached hydrogens (tertiary/aromatic N) is 1. The van der Waals surface area contributed by atoms with E-state index in [0.29, 0.717) is 28.1 Å². The fraction of sp³-hybridized carbons (Fsp3) is 0.381. The molecule has 1 fully saturated rings. The van der Waals surface area contributed by atoms with Crippen LogP contribution in [-0.2, 0) is 14.3 Å². The second-order valence-electron chi connectivity index (χ2n) is 7.39. The summed E-state index contributed by atoms with van der Waals surface area (Å²) in [7, 11) is 0. The summed E-state index contributed by atoms with van der Waals surface area (Å²) in [6.45, 7) is 6.68. The zero-order valence-corrected chi connectivity index (χ0v) is 18.6. The van der Waals surface area contributed by atoms with Crippen LogP contribution in [-0.4, -0.2) is 43.5 Å². The molecule has 1 aliphatic heterocycles. The van der Waals surface area contributed by atoms with Gasteiger partial charge >= 0.3 is 0 Å². The van der Waals surface area contributed by atoms with E-state index in [0.717, 1.165) is 22.6 Å². The molecule has 0 bridgehead atoms. The van der Waals surface area contributed by atoms with E-state index in [1.54, 1.807) is 23.1 Å². The lowest BCUT2D eigenvalue weighted by Gasteiger charge is -2.28. The Balaban J connectivity index is 1.70. The van der Waals surface area contributed by atoms with Crippen molar-refractivity contribution in [2.45, 2.75) is 26.8 Å². The van der Waals surface area contributed by atoms with Crippen LogP contribution in [0.3, 0.4) is 0 Å². The first-order valence-corrected chi connectivity index (χ1v) is 10.8. The topological polar surface area (TPSA) is 87.7 Å². The zero-order chi connectivity index (χ0) is 21.8. The van der Waals surface area contributed by atoms with Gasteiger partial charge in [-0.05, 0) is 48.7 Å². The lowest BCUT2D eigenvalue weighted by Crippen LogP contribution is -2.47. The van der Waals surface area contributed by atoms with E-state index >= 15 is 0 Å². The van der Waals surface area contributed by atoms with Crippen LogP contribution in [0.15, 0.2) is 30.3 Å². The van der Waals surface area contributed by atoms with Gasteiger partial charge in [-0.1, -0.05) is 25.4 Å². The van der Waals surface area contributed by atoms with Gasteiger partial charge in [-0.2, -0.15) is 0 Å². The third-order valence-electron chi connectivity index (χ3n) is 4.77. The van der Waals surface area contributed by atoms with Crippen molar-refractivity contribution in [2.24, 2.45) is 5.92 Å². The van der Waals surface area contributed by atoms with Gasteiger partial charge in [0.05, 0.1) is 15.8 Å². The number of carbonyl (C=O) groups is 3. The van der Waals surface area contributed by atoms with Crippen molar-refractivity contribution >= 4 is 52.0 Å². The maximum absolute atomic E-state index is 12.8. The SMILES string of the molecule is Cc1cc(NC(=O)[C@H](NC(=O)c2ccc(Cl)s2)C(C)C)ccc1N1CCOCC1=O. The minimum absolute atomic E-state index is 0.0726. The van der Waals surface area contributed by atoms with E-state index in [9.17, 15) is 14.4 Å². The summed E-state index contributed by atoms with van der Waals surface area (Å²) >= 11 is 7.06. The molecule has 7 nitrogen and oxygen atoms in total. The summed E-state index contributed by atoms with van der Waals surface area (Å²) < 4.78 is 5.69. The van der Waals surface area contributed by atoms with Crippen LogP contribution in [0, 0.1) is 12.8 Å². The predicted molar refractivity (Wildman–Crippen MR) is 118 cm³/mol. The Morgan fingerprint density at radius 1 is 1.23 bits per heavy atom. The maximum Gasteiger partial charge on any atom is 0.262 e. The Morgan fingerprint density at radius 3 is 2.60 bits per heavy atom. The molecule has 3 rings (SSSR count). The number of rotatable bonds is 6. The highest BCUT2D eigenvalue weighted by Gasteiger charge is 2.26. The number of amides is 3. The number of aryl methyl sites for hydroxylation is 1. The standard InChI is InChI=1S/C21H24ClN3O4S/c1-12(2)19(24-20(27)16-6-7-17(22)30-16)21(28)23-14-4-5-15(13(3)10-14)25-8-9-29-11-18(25)26/h4-7,10,12,19H,8-9,11H2,1-3H3,(H,23,28)(H,24,27)/t19-/m1/s1. The summed E-state index contributed by atoms with van der Waals surface area (Å²) in [5.74, 6) is -0.846. The summed E-state index contributed by atoms with van der Waals surface area (Å²) in [5.41, 5.74) is 2.26. The average Bonchev–Trinajstić information content (AvgIpc) is 3.13. The van der Waals surface area contributed by atoms with Gasteiger partial charge < -0.3 is 20.3 Å². The molecule has 0 unspecified atom stereocenters. The van der Waals surface area contributed by atoms with E-state index < -0.39 is 6.04 Å². The van der Waals surface area contributed by atoms with Crippen molar-refractivity contribution in [2.75, 3.05) is 30.0 Å². The minimum Gasteiger partial charge on any atom is -0.370 e. The van der Waals surface area contributed by atoms with Gasteiger partial charge in [0.25, 0.3) is 11.8 Å². The van der Waals surface area contributed by atoms with Crippen LogP contribution in [0.2, 0.25) is 4.34 Å². The summed E-state index contributed by atoms with van der Waals surface area (Å²) in [4.78, 5) is 39.5. The third-order valence-corrected chi connectivity index (χ3v) is 6.00. The fourth-order valence-corrected chi connectivity index (χ4v) is 4.16. The smallest absolute Gasteiger partial charge is 0.262 e. The Bertz CT molecular complexity index is 959. The molecule has 1 saturated heterocycles. The monoisotopic (exact) mass is 449 g/mol. The second kappa shape index (κ2) is 9.59. The lowest BCUT2D eigenvalue weighted by molar-refractivity contribution is -0.125. The average molecular weight is 450 g/mol. The molecule has 1 atom stereocenters. The number of anilines is 2. The van der Waals surface area contributed by atoms with Crippen LogP contribution in [0.1, 0.15) is 29.1 Å². The van der Waals surface area contributed by atoms with Gasteiger partial charge in [0.15, 0.2) is 0 Å². The Kier molecular flexibility index (Phi) is 7.12. The van der Waals surface area contributed by atoms with Gasteiger partial charge in [-0.25, -0.2) is 0 Å². The molecule has 0 aliphatic carbocycles. The molecule has 2 N–H and O–H groups in total. The van der Waals surface area contributed by atoms with E-state index in [1.165, 1.54) is 0 Å². The molecule has 1 aromatic carbocycles. The highest BCUT2D eigenvalue weighted by atomic mass is 35.5. The number of morpholine rings is 1. The van der Waals surface area contributed by atoms with E-state index in [4.69, 9.17) is 16.3 Å². The minimum atomic E-state index is -0.709. The largest absolute Gasteiger partial charge is 0.370 e. The summed E-state index contributed by atoms with van der Waals surface area (Å²) in [6.07, 6.45) is 0. The van der Waals surface area contributed by atoms with Crippen molar-refractivity contribution in [3.05, 3.63) is 45.1 Å². The molecule has 9 heteroatoms. The van der Waals surface area contributed by atoms with Gasteiger partial charge in [0.1, 0.15) is 12.6 Å². The van der Waals surface area contributed by atoms with Crippen molar-refractivity contribution < 1.29 is 19.1 Å². The molecule has 3 amide bonds. The first-order chi connectivity index (χ1) is 14.3. The van der Waals surface area contributed by atoms with Crippen LogP contribution < -0.4 is 15.5 Å². The molecular formula is C21H24ClN3O4S. The maximum atomic E-state index is 12.8. The van der Waals surface area contributed by atoms with Gasteiger partial charge in [0.2, 0.25) is 5.91 Å². The Hall–Kier alpha value is -2.42. The molecule has 0 spiro atoms. The molecule has 160 valence electrons.